The molecule has 1 aromatic heterocycles. The molecule has 0 aliphatic heterocycles. The van der Waals surface area contributed by atoms with Crippen molar-refractivity contribution in [3.8, 4) is 0 Å². The van der Waals surface area contributed by atoms with Crippen molar-refractivity contribution in [1.29, 1.82) is 0 Å². The Kier molecular flexibility index (Phi) is 3.87. The SMILES string of the molecule is O=C(O)c1sc(Nc2cccc(Cl)c2)nc1C(F)(F)F. The van der Waals surface area contributed by atoms with Crippen LogP contribution in [0.15, 0.2) is 24.3 Å². The maximum Gasteiger partial charge on any atom is 0.435 e. The molecule has 0 bridgehead atoms. The van der Waals surface area contributed by atoms with Crippen molar-refractivity contribution in [1.82, 2.24) is 4.98 Å². The van der Waals surface area contributed by atoms with Gasteiger partial charge in [-0.15, -0.1) is 0 Å². The lowest BCUT2D eigenvalue weighted by Gasteiger charge is -2.03. The molecule has 0 saturated heterocycles. The lowest BCUT2D eigenvalue weighted by molar-refractivity contribution is -0.141. The quantitative estimate of drug-likeness (QED) is 0.886. The zero-order valence-corrected chi connectivity index (χ0v) is 11.1. The van der Waals surface area contributed by atoms with Crippen LogP contribution in [0.5, 0.6) is 0 Å². The number of carboxylic acid groups (broad SMARTS) is 1. The molecule has 9 heteroatoms. The number of anilines is 2. The molecule has 2 rings (SSSR count). The summed E-state index contributed by atoms with van der Waals surface area (Å²) in [6.07, 6.45) is -4.82. The molecule has 4 nitrogen and oxygen atoms in total. The van der Waals surface area contributed by atoms with Crippen molar-refractivity contribution in [3.63, 3.8) is 0 Å². The minimum absolute atomic E-state index is 0.169. The van der Waals surface area contributed by atoms with E-state index in [2.05, 4.69) is 10.3 Å². The Morgan fingerprint density at radius 3 is 2.60 bits per heavy atom. The molecule has 106 valence electrons. The molecule has 0 aliphatic rings. The number of aromatic carboxylic acids is 1. The lowest BCUT2D eigenvalue weighted by Crippen LogP contribution is -2.11. The summed E-state index contributed by atoms with van der Waals surface area (Å²) < 4.78 is 38.0. The Labute approximate surface area is 119 Å². The van der Waals surface area contributed by atoms with Crippen molar-refractivity contribution < 1.29 is 23.1 Å². The maximum absolute atomic E-state index is 12.7. The molecular formula is C11H6ClF3N2O2S. The van der Waals surface area contributed by atoms with Crippen molar-refractivity contribution in [2.45, 2.75) is 6.18 Å². The molecule has 1 aromatic carbocycles. The summed E-state index contributed by atoms with van der Waals surface area (Å²) in [6, 6.07) is 6.25. The summed E-state index contributed by atoms with van der Waals surface area (Å²) in [5, 5.41) is 11.6. The van der Waals surface area contributed by atoms with Crippen LogP contribution in [0.25, 0.3) is 0 Å². The molecular weight excluding hydrogens is 317 g/mol. The van der Waals surface area contributed by atoms with E-state index in [4.69, 9.17) is 16.7 Å². The van der Waals surface area contributed by atoms with Gasteiger partial charge in [-0.05, 0) is 18.2 Å². The fourth-order valence-corrected chi connectivity index (χ4v) is 2.44. The first-order valence-electron chi connectivity index (χ1n) is 5.11. The molecule has 0 radical (unpaired) electrons. The van der Waals surface area contributed by atoms with Crippen LogP contribution in [-0.4, -0.2) is 16.1 Å². The maximum atomic E-state index is 12.7. The standard InChI is InChI=1S/C11H6ClF3N2O2S/c12-5-2-1-3-6(4-5)16-10-17-8(11(13,14)15)7(20-10)9(18)19/h1-4H,(H,16,17)(H,18,19). The molecule has 20 heavy (non-hydrogen) atoms. The van der Waals surface area contributed by atoms with Crippen LogP contribution in [-0.2, 0) is 6.18 Å². The number of hydrogen-bond acceptors (Lipinski definition) is 4. The third-order valence-corrected chi connectivity index (χ3v) is 3.36. The molecule has 0 saturated carbocycles. The normalized spacial score (nSPS) is 11.4. The van der Waals surface area contributed by atoms with E-state index in [0.29, 0.717) is 22.0 Å². The van der Waals surface area contributed by atoms with Gasteiger partial charge in [-0.1, -0.05) is 29.0 Å². The number of thiazole rings is 1. The van der Waals surface area contributed by atoms with Gasteiger partial charge in [0.05, 0.1) is 0 Å². The van der Waals surface area contributed by atoms with Gasteiger partial charge >= 0.3 is 12.1 Å². The second-order valence-electron chi connectivity index (χ2n) is 3.64. The van der Waals surface area contributed by atoms with E-state index in [-0.39, 0.29) is 5.13 Å². The number of carboxylic acids is 1. The van der Waals surface area contributed by atoms with E-state index in [0.717, 1.165) is 0 Å². The number of rotatable bonds is 3. The van der Waals surface area contributed by atoms with Crippen LogP contribution in [0.1, 0.15) is 15.4 Å². The second-order valence-corrected chi connectivity index (χ2v) is 5.07. The van der Waals surface area contributed by atoms with Gasteiger partial charge in [0.15, 0.2) is 10.8 Å². The zero-order chi connectivity index (χ0) is 14.9. The average molecular weight is 323 g/mol. The Morgan fingerprint density at radius 1 is 1.40 bits per heavy atom. The third-order valence-electron chi connectivity index (χ3n) is 2.17. The van der Waals surface area contributed by atoms with Gasteiger partial charge in [-0.2, -0.15) is 13.2 Å². The van der Waals surface area contributed by atoms with Crippen LogP contribution < -0.4 is 5.32 Å². The van der Waals surface area contributed by atoms with Gasteiger partial charge in [-0.3, -0.25) is 0 Å². The Morgan fingerprint density at radius 2 is 2.10 bits per heavy atom. The molecule has 2 aromatic rings. The Bertz CT molecular complexity index is 657. The van der Waals surface area contributed by atoms with Gasteiger partial charge in [0, 0.05) is 10.7 Å². The summed E-state index contributed by atoms with van der Waals surface area (Å²) in [4.78, 5) is 13.2. The number of nitrogens with one attached hydrogen (secondary N) is 1. The predicted molar refractivity (Wildman–Crippen MR) is 68.8 cm³/mol. The highest BCUT2D eigenvalue weighted by Crippen LogP contribution is 2.37. The van der Waals surface area contributed by atoms with Gasteiger partial charge in [0.25, 0.3) is 0 Å². The Balaban J connectivity index is 2.37. The van der Waals surface area contributed by atoms with Crippen LogP contribution in [0.2, 0.25) is 5.02 Å². The number of aromatic nitrogens is 1. The number of carbonyl (C=O) groups is 1. The van der Waals surface area contributed by atoms with Crippen LogP contribution in [0.3, 0.4) is 0 Å². The first-order chi connectivity index (χ1) is 9.27. The number of halogens is 4. The molecule has 0 amide bonds. The summed E-state index contributed by atoms with van der Waals surface area (Å²) >= 11 is 6.15. The van der Waals surface area contributed by atoms with E-state index in [9.17, 15) is 18.0 Å². The molecule has 1 heterocycles. The molecule has 0 unspecified atom stereocenters. The largest absolute Gasteiger partial charge is 0.477 e. The third kappa shape index (κ3) is 3.20. The van der Waals surface area contributed by atoms with Crippen molar-refractivity contribution >= 4 is 39.7 Å². The number of nitrogens with zero attached hydrogens (tertiary/aromatic N) is 1. The van der Waals surface area contributed by atoms with Crippen molar-refractivity contribution in [2.75, 3.05) is 5.32 Å². The summed E-state index contributed by atoms with van der Waals surface area (Å²) in [6.45, 7) is 0. The smallest absolute Gasteiger partial charge is 0.435 e. The van der Waals surface area contributed by atoms with Crippen LogP contribution in [0.4, 0.5) is 24.0 Å². The second kappa shape index (κ2) is 5.29. The highest BCUT2D eigenvalue weighted by Gasteiger charge is 2.39. The van der Waals surface area contributed by atoms with Gasteiger partial charge in [-0.25, -0.2) is 9.78 Å². The van der Waals surface area contributed by atoms with E-state index in [1.807, 2.05) is 0 Å². The topological polar surface area (TPSA) is 62.2 Å². The highest BCUT2D eigenvalue weighted by molar-refractivity contribution is 7.17. The number of hydrogen-bond donors (Lipinski definition) is 2. The van der Waals surface area contributed by atoms with Crippen LogP contribution in [0, 0.1) is 0 Å². The van der Waals surface area contributed by atoms with Crippen molar-refractivity contribution in [3.05, 3.63) is 39.9 Å². The van der Waals surface area contributed by atoms with E-state index in [1.54, 1.807) is 18.2 Å². The minimum atomic E-state index is -4.82. The van der Waals surface area contributed by atoms with Gasteiger partial charge < -0.3 is 10.4 Å². The first-order valence-corrected chi connectivity index (χ1v) is 6.30. The fraction of sp³-hybridized carbons (Fsp3) is 0.0909. The van der Waals surface area contributed by atoms with Gasteiger partial charge in [0.1, 0.15) is 4.88 Å². The predicted octanol–water partition coefficient (Wildman–Crippen LogP) is 4.26. The molecule has 0 spiro atoms. The number of benzene rings is 1. The average Bonchev–Trinajstić information content (AvgIpc) is 2.73. The summed E-state index contributed by atoms with van der Waals surface area (Å²) in [7, 11) is 0. The van der Waals surface area contributed by atoms with Crippen molar-refractivity contribution in [2.24, 2.45) is 0 Å². The molecule has 0 atom stereocenters. The van der Waals surface area contributed by atoms with E-state index in [1.165, 1.54) is 6.07 Å². The van der Waals surface area contributed by atoms with Crippen LogP contribution >= 0.6 is 22.9 Å². The lowest BCUT2D eigenvalue weighted by atomic mass is 10.3. The number of alkyl halides is 3. The highest BCUT2D eigenvalue weighted by atomic mass is 35.5. The minimum Gasteiger partial charge on any atom is -0.477 e. The van der Waals surface area contributed by atoms with E-state index >= 15 is 0 Å². The Hall–Kier alpha value is -1.80. The molecule has 0 aliphatic carbocycles. The van der Waals surface area contributed by atoms with E-state index < -0.39 is 22.7 Å². The van der Waals surface area contributed by atoms with Gasteiger partial charge in [0.2, 0.25) is 0 Å². The monoisotopic (exact) mass is 322 g/mol. The summed E-state index contributed by atoms with van der Waals surface area (Å²) in [5.74, 6) is -1.67. The fourth-order valence-electron chi connectivity index (χ4n) is 1.40. The zero-order valence-electron chi connectivity index (χ0n) is 9.53. The molecule has 0 fully saturated rings. The summed E-state index contributed by atoms with van der Waals surface area (Å²) in [5.41, 5.74) is -1.00. The molecule has 2 N–H and O–H groups in total. The first kappa shape index (κ1) is 14.6.